The highest BCUT2D eigenvalue weighted by molar-refractivity contribution is 7.99. The first kappa shape index (κ1) is 23.4. The normalized spacial score (nSPS) is 15.0. The molecule has 1 N–H and O–H groups in total. The number of hydrogen-bond acceptors (Lipinski definition) is 4. The number of sulfonamides is 1. The lowest BCUT2D eigenvalue weighted by atomic mass is 10.1. The van der Waals surface area contributed by atoms with Crippen molar-refractivity contribution in [1.29, 1.82) is 0 Å². The van der Waals surface area contributed by atoms with Crippen LogP contribution in [0.3, 0.4) is 0 Å². The topological polar surface area (TPSA) is 83.6 Å². The Morgan fingerprint density at radius 1 is 0.794 bits per heavy atom. The molecule has 1 aliphatic rings. The van der Waals surface area contributed by atoms with Gasteiger partial charge in [-0.25, -0.2) is 12.7 Å². The molecule has 0 bridgehead atoms. The summed E-state index contributed by atoms with van der Waals surface area (Å²) >= 11 is 0. The van der Waals surface area contributed by atoms with Gasteiger partial charge in [0.2, 0.25) is 0 Å². The minimum Gasteiger partial charge on any atom is -0.348 e. The Labute approximate surface area is 200 Å². The van der Waals surface area contributed by atoms with Crippen molar-refractivity contribution in [3.63, 3.8) is 0 Å². The minimum absolute atomic E-state index is 0.0459. The first-order valence-electron chi connectivity index (χ1n) is 10.9. The van der Waals surface area contributed by atoms with E-state index in [1.807, 2.05) is 50.2 Å². The van der Waals surface area contributed by atoms with Crippen molar-refractivity contribution < 1.29 is 18.0 Å². The summed E-state index contributed by atoms with van der Waals surface area (Å²) in [4.78, 5) is 25.3. The van der Waals surface area contributed by atoms with E-state index in [0.717, 1.165) is 21.0 Å². The number of carbonyl (C=O) groups is 2. The Morgan fingerprint density at radius 2 is 1.32 bits per heavy atom. The molecule has 6 nitrogen and oxygen atoms in total. The van der Waals surface area contributed by atoms with Gasteiger partial charge in [-0.15, -0.1) is 0 Å². The quantitative estimate of drug-likeness (QED) is 0.576. The number of amides is 2. The molecule has 3 aromatic carbocycles. The highest BCUT2D eigenvalue weighted by atomic mass is 32.2. The van der Waals surface area contributed by atoms with Crippen LogP contribution in [0.4, 0.5) is 0 Å². The Hall–Kier alpha value is -3.71. The largest absolute Gasteiger partial charge is 0.348 e. The average Bonchev–Trinajstić information content (AvgIpc) is 2.99. The van der Waals surface area contributed by atoms with Crippen LogP contribution in [-0.2, 0) is 27.9 Å². The van der Waals surface area contributed by atoms with Gasteiger partial charge in [-0.05, 0) is 49.6 Å². The summed E-state index contributed by atoms with van der Waals surface area (Å²) in [5, 5.41) is 2.88. The monoisotopic (exact) mass is 474 g/mol. The summed E-state index contributed by atoms with van der Waals surface area (Å²) in [6.45, 7) is 5.77. The number of carbonyl (C=O) groups excluding carboxylic acids is 2. The Morgan fingerprint density at radius 3 is 1.91 bits per heavy atom. The molecule has 0 saturated carbocycles. The van der Waals surface area contributed by atoms with Crippen molar-refractivity contribution >= 4 is 26.7 Å². The van der Waals surface area contributed by atoms with Gasteiger partial charge in [-0.2, -0.15) is 0 Å². The third-order valence-corrected chi connectivity index (χ3v) is 7.80. The van der Waals surface area contributed by atoms with Crippen molar-refractivity contribution in [2.24, 2.45) is 0 Å². The van der Waals surface area contributed by atoms with Crippen LogP contribution in [0.15, 0.2) is 78.4 Å². The smallest absolute Gasteiger partial charge is 0.268 e. The maximum absolute atomic E-state index is 13.2. The first-order valence-corrected chi connectivity index (χ1v) is 12.4. The molecule has 174 valence electrons. The molecular formula is C27H26N2O4S. The molecule has 0 unspecified atom stereocenters. The zero-order valence-corrected chi connectivity index (χ0v) is 20.1. The molecule has 1 heterocycles. The van der Waals surface area contributed by atoms with Gasteiger partial charge in [0.1, 0.15) is 4.91 Å². The number of nitrogens with one attached hydrogen (secondary N) is 1. The van der Waals surface area contributed by atoms with Crippen LogP contribution in [0, 0.1) is 13.8 Å². The SMILES string of the molecule is CC1=C(c2ccc(C)cc2)S(=O)(=O)N(Cc2ccc(C(=O)NCc3ccc(C)cc3)cc2)C1=O. The molecule has 0 atom stereocenters. The van der Waals surface area contributed by atoms with Gasteiger partial charge in [-0.1, -0.05) is 71.8 Å². The summed E-state index contributed by atoms with van der Waals surface area (Å²) in [5.41, 5.74) is 4.94. The van der Waals surface area contributed by atoms with Gasteiger partial charge in [0.05, 0.1) is 6.54 Å². The molecule has 0 radical (unpaired) electrons. The third kappa shape index (κ3) is 4.65. The highest BCUT2D eigenvalue weighted by Gasteiger charge is 2.42. The van der Waals surface area contributed by atoms with Gasteiger partial charge in [-0.3, -0.25) is 9.59 Å². The fourth-order valence-electron chi connectivity index (χ4n) is 3.84. The second-order valence-corrected chi connectivity index (χ2v) is 10.3. The van der Waals surface area contributed by atoms with E-state index in [1.54, 1.807) is 36.4 Å². The highest BCUT2D eigenvalue weighted by Crippen LogP contribution is 2.36. The van der Waals surface area contributed by atoms with E-state index in [4.69, 9.17) is 0 Å². The number of rotatable bonds is 6. The lowest BCUT2D eigenvalue weighted by Gasteiger charge is -2.17. The van der Waals surface area contributed by atoms with E-state index in [2.05, 4.69) is 5.32 Å². The van der Waals surface area contributed by atoms with E-state index in [9.17, 15) is 18.0 Å². The molecule has 0 fully saturated rings. The van der Waals surface area contributed by atoms with Gasteiger partial charge in [0, 0.05) is 17.7 Å². The maximum Gasteiger partial charge on any atom is 0.268 e. The summed E-state index contributed by atoms with van der Waals surface area (Å²) in [7, 11) is -3.98. The zero-order valence-electron chi connectivity index (χ0n) is 19.3. The molecule has 0 saturated heterocycles. The molecule has 3 aromatic rings. The van der Waals surface area contributed by atoms with Crippen molar-refractivity contribution in [3.05, 3.63) is 112 Å². The molecule has 0 aliphatic carbocycles. The molecule has 4 rings (SSSR count). The van der Waals surface area contributed by atoms with Crippen LogP contribution >= 0.6 is 0 Å². The Kier molecular flexibility index (Phi) is 6.39. The van der Waals surface area contributed by atoms with Crippen LogP contribution in [0.25, 0.3) is 4.91 Å². The van der Waals surface area contributed by atoms with Crippen molar-refractivity contribution in [2.45, 2.75) is 33.9 Å². The Bertz CT molecular complexity index is 1370. The van der Waals surface area contributed by atoms with Crippen LogP contribution in [0.1, 0.15) is 45.1 Å². The second kappa shape index (κ2) is 9.27. The fraction of sp³-hybridized carbons (Fsp3) is 0.185. The summed E-state index contributed by atoms with van der Waals surface area (Å²) in [6, 6.07) is 21.6. The Balaban J connectivity index is 1.46. The number of hydrogen-bond donors (Lipinski definition) is 1. The number of benzene rings is 3. The number of aryl methyl sites for hydroxylation is 2. The van der Waals surface area contributed by atoms with E-state index >= 15 is 0 Å². The maximum atomic E-state index is 13.2. The van der Waals surface area contributed by atoms with Crippen LogP contribution in [-0.4, -0.2) is 24.5 Å². The molecule has 2 amide bonds. The average molecular weight is 475 g/mol. The van der Waals surface area contributed by atoms with Crippen molar-refractivity contribution in [3.8, 4) is 0 Å². The molecule has 34 heavy (non-hydrogen) atoms. The summed E-state index contributed by atoms with van der Waals surface area (Å²) in [5.74, 6) is -0.758. The van der Waals surface area contributed by atoms with E-state index in [-0.39, 0.29) is 22.9 Å². The van der Waals surface area contributed by atoms with Gasteiger partial charge in [0.25, 0.3) is 21.8 Å². The van der Waals surface area contributed by atoms with Crippen LogP contribution in [0.5, 0.6) is 0 Å². The summed E-state index contributed by atoms with van der Waals surface area (Å²) < 4.78 is 27.3. The van der Waals surface area contributed by atoms with E-state index in [1.165, 1.54) is 6.92 Å². The van der Waals surface area contributed by atoms with Crippen molar-refractivity contribution in [1.82, 2.24) is 9.62 Å². The van der Waals surface area contributed by atoms with E-state index < -0.39 is 15.9 Å². The lowest BCUT2D eigenvalue weighted by molar-refractivity contribution is -0.122. The molecular weight excluding hydrogens is 448 g/mol. The van der Waals surface area contributed by atoms with Crippen LogP contribution in [0.2, 0.25) is 0 Å². The standard InChI is InChI=1S/C27H26N2O4S/c1-18-4-8-21(9-5-18)16-28-26(30)24-14-10-22(11-15-24)17-29-27(31)20(3)25(34(29,32)33)23-12-6-19(2)7-13-23/h4-15H,16-17H2,1-3H3,(H,28,30). The molecule has 7 heteroatoms. The van der Waals surface area contributed by atoms with Gasteiger partial charge >= 0.3 is 0 Å². The second-order valence-electron chi connectivity index (χ2n) is 8.50. The minimum atomic E-state index is -3.98. The van der Waals surface area contributed by atoms with Crippen molar-refractivity contribution in [2.75, 3.05) is 0 Å². The van der Waals surface area contributed by atoms with Gasteiger partial charge < -0.3 is 5.32 Å². The predicted molar refractivity (Wildman–Crippen MR) is 132 cm³/mol. The lowest BCUT2D eigenvalue weighted by Crippen LogP contribution is -2.31. The molecule has 0 spiro atoms. The van der Waals surface area contributed by atoms with Gasteiger partial charge in [0.15, 0.2) is 0 Å². The molecule has 0 aromatic heterocycles. The van der Waals surface area contributed by atoms with Crippen LogP contribution < -0.4 is 5.32 Å². The zero-order chi connectivity index (χ0) is 24.5. The first-order chi connectivity index (χ1) is 16.2. The summed E-state index contributed by atoms with van der Waals surface area (Å²) in [6.07, 6.45) is 0. The third-order valence-electron chi connectivity index (χ3n) is 5.87. The molecule has 1 aliphatic heterocycles. The number of nitrogens with zero attached hydrogens (tertiary/aromatic N) is 1. The fourth-order valence-corrected chi connectivity index (χ4v) is 5.64. The van der Waals surface area contributed by atoms with E-state index in [0.29, 0.717) is 23.2 Å². The predicted octanol–water partition coefficient (Wildman–Crippen LogP) is 4.34.